The van der Waals surface area contributed by atoms with Crippen molar-refractivity contribution in [1.29, 1.82) is 0 Å². The van der Waals surface area contributed by atoms with Crippen molar-refractivity contribution >= 4 is 0 Å². The van der Waals surface area contributed by atoms with Crippen molar-refractivity contribution in [1.82, 2.24) is 9.80 Å². The van der Waals surface area contributed by atoms with Crippen LogP contribution in [-0.4, -0.2) is 99.9 Å². The minimum atomic E-state index is 0.174. The molecule has 0 aromatic heterocycles. The lowest BCUT2D eigenvalue weighted by molar-refractivity contribution is -0.0739. The van der Waals surface area contributed by atoms with Gasteiger partial charge in [-0.1, -0.05) is 6.42 Å². The first-order valence-corrected chi connectivity index (χ1v) is 10.1. The molecular formula is C19H34N2O4. The summed E-state index contributed by atoms with van der Waals surface area (Å²) in [6.45, 7) is 11.4. The number of ether oxygens (including phenoxy) is 4. The van der Waals surface area contributed by atoms with E-state index in [9.17, 15) is 0 Å². The van der Waals surface area contributed by atoms with Gasteiger partial charge in [0, 0.05) is 26.3 Å². The number of morpholine rings is 2. The van der Waals surface area contributed by atoms with Crippen molar-refractivity contribution < 1.29 is 18.9 Å². The molecular weight excluding hydrogens is 320 g/mol. The van der Waals surface area contributed by atoms with Crippen LogP contribution in [0, 0.1) is 0 Å². The van der Waals surface area contributed by atoms with Gasteiger partial charge < -0.3 is 18.9 Å². The maximum atomic E-state index is 5.75. The van der Waals surface area contributed by atoms with E-state index in [1.54, 1.807) is 0 Å². The van der Waals surface area contributed by atoms with E-state index in [0.717, 1.165) is 78.8 Å². The van der Waals surface area contributed by atoms with E-state index < -0.39 is 0 Å². The van der Waals surface area contributed by atoms with Gasteiger partial charge in [0.1, 0.15) is 0 Å². The molecule has 0 saturated carbocycles. The molecule has 0 amide bonds. The van der Waals surface area contributed by atoms with E-state index in [1.807, 2.05) is 0 Å². The van der Waals surface area contributed by atoms with Crippen LogP contribution in [0.5, 0.6) is 0 Å². The molecule has 6 nitrogen and oxygen atoms in total. The summed E-state index contributed by atoms with van der Waals surface area (Å²) in [5.41, 5.74) is 0.349. The first-order chi connectivity index (χ1) is 12.3. The van der Waals surface area contributed by atoms with Gasteiger partial charge in [-0.15, -0.1) is 0 Å². The molecule has 4 aliphatic heterocycles. The van der Waals surface area contributed by atoms with E-state index in [2.05, 4.69) is 9.80 Å². The van der Waals surface area contributed by atoms with Gasteiger partial charge in [-0.3, -0.25) is 9.80 Å². The lowest BCUT2D eigenvalue weighted by Gasteiger charge is -2.44. The number of rotatable bonds is 6. The third-order valence-electron chi connectivity index (χ3n) is 6.62. The average molecular weight is 354 g/mol. The monoisotopic (exact) mass is 354 g/mol. The topological polar surface area (TPSA) is 43.4 Å². The average Bonchev–Trinajstić information content (AvgIpc) is 3.29. The summed E-state index contributed by atoms with van der Waals surface area (Å²) >= 11 is 0. The molecule has 4 aliphatic rings. The zero-order valence-electron chi connectivity index (χ0n) is 15.5. The smallest absolute Gasteiger partial charge is 0.0701 e. The van der Waals surface area contributed by atoms with Crippen molar-refractivity contribution in [2.45, 2.75) is 43.2 Å². The standard InChI is InChI=1S/C19H34N2O4/c1(2-6-20-8-12-24-16-18(20)4-10-22-14-18)3-7-21-9-13-25-17-19(21)5-11-23-15-19/h1-17H2. The maximum absolute atomic E-state index is 5.75. The van der Waals surface area contributed by atoms with Crippen LogP contribution in [0.2, 0.25) is 0 Å². The van der Waals surface area contributed by atoms with Gasteiger partial charge in [-0.25, -0.2) is 0 Å². The highest BCUT2D eigenvalue weighted by Crippen LogP contribution is 2.31. The Morgan fingerprint density at radius 2 is 1.00 bits per heavy atom. The fraction of sp³-hybridized carbons (Fsp3) is 1.00. The molecule has 0 bridgehead atoms. The first-order valence-electron chi connectivity index (χ1n) is 10.1. The third-order valence-corrected chi connectivity index (χ3v) is 6.62. The Morgan fingerprint density at radius 1 is 0.560 bits per heavy atom. The zero-order valence-corrected chi connectivity index (χ0v) is 15.5. The largest absolute Gasteiger partial charge is 0.379 e. The van der Waals surface area contributed by atoms with E-state index in [1.165, 1.54) is 32.4 Å². The number of nitrogens with zero attached hydrogens (tertiary/aromatic N) is 2. The van der Waals surface area contributed by atoms with Gasteiger partial charge in [0.25, 0.3) is 0 Å². The molecule has 4 fully saturated rings. The van der Waals surface area contributed by atoms with Crippen molar-refractivity contribution in [3.05, 3.63) is 0 Å². The molecule has 0 N–H and O–H groups in total. The Balaban J connectivity index is 1.19. The molecule has 2 spiro atoms. The second-order valence-corrected chi connectivity index (χ2v) is 8.19. The summed E-state index contributed by atoms with van der Waals surface area (Å²) in [7, 11) is 0. The summed E-state index contributed by atoms with van der Waals surface area (Å²) in [6.07, 6.45) is 6.10. The summed E-state index contributed by atoms with van der Waals surface area (Å²) in [5, 5.41) is 0. The first kappa shape index (κ1) is 18.1. The number of unbranched alkanes of at least 4 members (excludes halogenated alkanes) is 2. The van der Waals surface area contributed by atoms with Crippen molar-refractivity contribution in [3.8, 4) is 0 Å². The molecule has 0 aromatic rings. The second kappa shape index (κ2) is 8.19. The second-order valence-electron chi connectivity index (χ2n) is 8.19. The maximum Gasteiger partial charge on any atom is 0.0701 e. The van der Waals surface area contributed by atoms with Crippen molar-refractivity contribution in [2.24, 2.45) is 0 Å². The molecule has 0 aromatic carbocycles. The Labute approximate surface area is 151 Å². The molecule has 0 radical (unpaired) electrons. The molecule has 144 valence electrons. The van der Waals surface area contributed by atoms with Crippen LogP contribution in [0.25, 0.3) is 0 Å². The van der Waals surface area contributed by atoms with Gasteiger partial charge in [-0.2, -0.15) is 0 Å². The highest BCUT2D eigenvalue weighted by Gasteiger charge is 2.43. The van der Waals surface area contributed by atoms with E-state index in [-0.39, 0.29) is 11.1 Å². The number of hydrogen-bond acceptors (Lipinski definition) is 6. The molecule has 4 heterocycles. The van der Waals surface area contributed by atoms with Crippen LogP contribution in [-0.2, 0) is 18.9 Å². The van der Waals surface area contributed by atoms with Crippen LogP contribution in [0.3, 0.4) is 0 Å². The Hall–Kier alpha value is -0.240. The Kier molecular flexibility index (Phi) is 5.94. The summed E-state index contributed by atoms with van der Waals surface area (Å²) in [4.78, 5) is 5.29. The normalized spacial score (nSPS) is 37.4. The van der Waals surface area contributed by atoms with Crippen molar-refractivity contribution in [3.63, 3.8) is 0 Å². The fourth-order valence-electron chi connectivity index (χ4n) is 4.93. The molecule has 2 unspecified atom stereocenters. The fourth-order valence-corrected chi connectivity index (χ4v) is 4.93. The Morgan fingerprint density at radius 3 is 1.44 bits per heavy atom. The minimum absolute atomic E-state index is 0.174. The van der Waals surface area contributed by atoms with E-state index in [0.29, 0.717) is 0 Å². The molecule has 2 atom stereocenters. The van der Waals surface area contributed by atoms with E-state index in [4.69, 9.17) is 18.9 Å². The van der Waals surface area contributed by atoms with Crippen LogP contribution < -0.4 is 0 Å². The zero-order chi connectivity index (χ0) is 17.0. The Bertz CT molecular complexity index is 384. The van der Waals surface area contributed by atoms with Gasteiger partial charge in [0.2, 0.25) is 0 Å². The molecule has 6 heteroatoms. The van der Waals surface area contributed by atoms with Gasteiger partial charge >= 0.3 is 0 Å². The SMILES string of the molecule is C(CCN1CCOCC12CCOC2)CCN1CCOCC12CCOC2. The van der Waals surface area contributed by atoms with E-state index >= 15 is 0 Å². The molecule has 4 rings (SSSR count). The predicted molar refractivity (Wildman–Crippen MR) is 95.0 cm³/mol. The molecule has 4 saturated heterocycles. The van der Waals surface area contributed by atoms with Gasteiger partial charge in [-0.05, 0) is 38.8 Å². The lowest BCUT2D eigenvalue weighted by atomic mass is 9.94. The number of hydrogen-bond donors (Lipinski definition) is 0. The van der Waals surface area contributed by atoms with Crippen LogP contribution >= 0.6 is 0 Å². The molecule has 0 aliphatic carbocycles. The third kappa shape index (κ3) is 3.89. The highest BCUT2D eigenvalue weighted by atomic mass is 16.5. The highest BCUT2D eigenvalue weighted by molar-refractivity contribution is 4.97. The van der Waals surface area contributed by atoms with Crippen molar-refractivity contribution in [2.75, 3.05) is 79.0 Å². The van der Waals surface area contributed by atoms with Crippen LogP contribution in [0.4, 0.5) is 0 Å². The summed E-state index contributed by atoms with van der Waals surface area (Å²) in [5.74, 6) is 0. The van der Waals surface area contributed by atoms with Gasteiger partial charge in [0.15, 0.2) is 0 Å². The quantitative estimate of drug-likeness (QED) is 0.667. The van der Waals surface area contributed by atoms with Crippen LogP contribution in [0.15, 0.2) is 0 Å². The minimum Gasteiger partial charge on any atom is -0.379 e. The summed E-state index contributed by atoms with van der Waals surface area (Å²) in [6, 6.07) is 0. The molecule has 25 heavy (non-hydrogen) atoms. The summed E-state index contributed by atoms with van der Waals surface area (Å²) < 4.78 is 22.8. The predicted octanol–water partition coefficient (Wildman–Crippen LogP) is 1.14. The lowest BCUT2D eigenvalue weighted by Crippen LogP contribution is -2.58. The van der Waals surface area contributed by atoms with Crippen LogP contribution in [0.1, 0.15) is 32.1 Å². The van der Waals surface area contributed by atoms with Gasteiger partial charge in [0.05, 0.1) is 50.7 Å².